The van der Waals surface area contributed by atoms with Gasteiger partial charge in [0.05, 0.1) is 6.07 Å². The van der Waals surface area contributed by atoms with Crippen molar-refractivity contribution in [3.63, 3.8) is 0 Å². The van der Waals surface area contributed by atoms with E-state index in [-0.39, 0.29) is 0 Å². The predicted octanol–water partition coefficient (Wildman–Crippen LogP) is 3.97. The van der Waals surface area contributed by atoms with Gasteiger partial charge in [0.2, 0.25) is 0 Å². The van der Waals surface area contributed by atoms with Gasteiger partial charge in [0.15, 0.2) is 0 Å². The maximum absolute atomic E-state index is 8.35. The minimum Gasteiger partial charge on any atom is -0.198 e. The molecular formula is C12H14ClN. The van der Waals surface area contributed by atoms with E-state index >= 15 is 0 Å². The van der Waals surface area contributed by atoms with E-state index in [1.807, 2.05) is 12.1 Å². The molecule has 0 saturated heterocycles. The lowest BCUT2D eigenvalue weighted by atomic mass is 10.1. The number of unbranched alkanes of at least 4 members (excludes halogenated alkanes) is 3. The molecule has 1 aromatic carbocycles. The lowest BCUT2D eigenvalue weighted by Crippen LogP contribution is -1.85. The van der Waals surface area contributed by atoms with Gasteiger partial charge in [-0.15, -0.1) is 0 Å². The molecule has 0 fully saturated rings. The molecule has 0 aliphatic rings. The van der Waals surface area contributed by atoms with Crippen LogP contribution in [0.3, 0.4) is 0 Å². The first-order chi connectivity index (χ1) is 6.83. The molecule has 1 nitrogen and oxygen atoms in total. The monoisotopic (exact) mass is 207 g/mol. The van der Waals surface area contributed by atoms with E-state index in [2.05, 4.69) is 18.2 Å². The lowest BCUT2D eigenvalue weighted by Gasteiger charge is -2.00. The second-order valence-electron chi connectivity index (χ2n) is 3.35. The van der Waals surface area contributed by atoms with Gasteiger partial charge in [-0.05, 0) is 37.0 Å². The first-order valence-corrected chi connectivity index (χ1v) is 5.32. The topological polar surface area (TPSA) is 23.8 Å². The Balaban J connectivity index is 2.19. The number of hydrogen-bond donors (Lipinski definition) is 0. The van der Waals surface area contributed by atoms with E-state index in [0.29, 0.717) is 6.42 Å². The van der Waals surface area contributed by atoms with Crippen LogP contribution < -0.4 is 0 Å². The molecule has 0 aromatic heterocycles. The fourth-order valence-corrected chi connectivity index (χ4v) is 1.49. The Labute approximate surface area is 90.3 Å². The van der Waals surface area contributed by atoms with Gasteiger partial charge in [0.25, 0.3) is 0 Å². The molecule has 74 valence electrons. The van der Waals surface area contributed by atoms with Crippen molar-refractivity contribution in [2.24, 2.45) is 0 Å². The van der Waals surface area contributed by atoms with Gasteiger partial charge < -0.3 is 0 Å². The number of nitrogens with zero attached hydrogens (tertiary/aromatic N) is 1. The Bertz CT molecular complexity index is 297. The molecule has 2 heteroatoms. The highest BCUT2D eigenvalue weighted by atomic mass is 35.5. The van der Waals surface area contributed by atoms with Crippen molar-refractivity contribution in [2.45, 2.75) is 32.1 Å². The zero-order valence-electron chi connectivity index (χ0n) is 8.17. The van der Waals surface area contributed by atoms with Gasteiger partial charge in [-0.3, -0.25) is 0 Å². The third-order valence-electron chi connectivity index (χ3n) is 2.17. The van der Waals surface area contributed by atoms with E-state index in [1.165, 1.54) is 5.56 Å². The molecule has 0 amide bonds. The van der Waals surface area contributed by atoms with E-state index in [1.54, 1.807) is 0 Å². The molecule has 0 N–H and O–H groups in total. The summed E-state index contributed by atoms with van der Waals surface area (Å²) in [4.78, 5) is 0. The summed E-state index contributed by atoms with van der Waals surface area (Å²) in [5, 5.41) is 9.14. The lowest BCUT2D eigenvalue weighted by molar-refractivity contribution is 0.690. The quantitative estimate of drug-likeness (QED) is 0.671. The number of nitriles is 1. The van der Waals surface area contributed by atoms with Gasteiger partial charge in [0, 0.05) is 11.4 Å². The van der Waals surface area contributed by atoms with Gasteiger partial charge in [0.1, 0.15) is 0 Å². The number of halogens is 1. The number of hydrogen-bond acceptors (Lipinski definition) is 1. The van der Waals surface area contributed by atoms with Crippen LogP contribution in [-0.2, 0) is 6.42 Å². The smallest absolute Gasteiger partial charge is 0.0621 e. The first-order valence-electron chi connectivity index (χ1n) is 4.94. The number of benzene rings is 1. The standard InChI is InChI=1S/C12H14ClN/c13-12-8-6-11(7-9-12)5-3-1-2-4-10-14/h6-9H,1-5H2. The normalized spacial score (nSPS) is 9.71. The van der Waals surface area contributed by atoms with Crippen molar-refractivity contribution in [1.82, 2.24) is 0 Å². The number of rotatable bonds is 5. The highest BCUT2D eigenvalue weighted by Crippen LogP contribution is 2.12. The second kappa shape index (κ2) is 6.45. The van der Waals surface area contributed by atoms with E-state index in [4.69, 9.17) is 16.9 Å². The Hall–Kier alpha value is -1.00. The third kappa shape index (κ3) is 4.30. The Morgan fingerprint density at radius 2 is 1.79 bits per heavy atom. The summed E-state index contributed by atoms with van der Waals surface area (Å²) in [7, 11) is 0. The molecule has 0 heterocycles. The first kappa shape index (κ1) is 11.1. The molecule has 14 heavy (non-hydrogen) atoms. The molecular weight excluding hydrogens is 194 g/mol. The average molecular weight is 208 g/mol. The molecule has 0 atom stereocenters. The van der Waals surface area contributed by atoms with Crippen LogP contribution >= 0.6 is 11.6 Å². The van der Waals surface area contributed by atoms with E-state index in [0.717, 1.165) is 30.7 Å². The molecule has 0 bridgehead atoms. The maximum Gasteiger partial charge on any atom is 0.0621 e. The van der Waals surface area contributed by atoms with Crippen molar-refractivity contribution in [1.29, 1.82) is 5.26 Å². The van der Waals surface area contributed by atoms with Crippen LogP contribution in [0.2, 0.25) is 5.02 Å². The SMILES string of the molecule is N#CCCCCCc1ccc(Cl)cc1. The highest BCUT2D eigenvalue weighted by Gasteiger charge is 1.93. The molecule has 0 aliphatic carbocycles. The summed E-state index contributed by atoms with van der Waals surface area (Å²) in [6, 6.07) is 10.1. The summed E-state index contributed by atoms with van der Waals surface area (Å²) in [6.07, 6.45) is 5.08. The molecule has 0 saturated carbocycles. The van der Waals surface area contributed by atoms with Crippen LogP contribution in [-0.4, -0.2) is 0 Å². The second-order valence-corrected chi connectivity index (χ2v) is 3.78. The van der Waals surface area contributed by atoms with Gasteiger partial charge in [-0.2, -0.15) is 5.26 Å². The van der Waals surface area contributed by atoms with Gasteiger partial charge >= 0.3 is 0 Å². The summed E-state index contributed by atoms with van der Waals surface area (Å²) < 4.78 is 0. The van der Waals surface area contributed by atoms with Crippen LogP contribution in [0.15, 0.2) is 24.3 Å². The third-order valence-corrected chi connectivity index (χ3v) is 2.42. The molecule has 0 aliphatic heterocycles. The summed E-state index contributed by atoms with van der Waals surface area (Å²) in [6.45, 7) is 0. The van der Waals surface area contributed by atoms with Crippen LogP contribution in [0, 0.1) is 11.3 Å². The van der Waals surface area contributed by atoms with Crippen molar-refractivity contribution >= 4 is 11.6 Å². The Kier molecular flexibility index (Phi) is 5.11. The van der Waals surface area contributed by atoms with E-state index in [9.17, 15) is 0 Å². The zero-order chi connectivity index (χ0) is 10.2. The average Bonchev–Trinajstić information content (AvgIpc) is 2.21. The molecule has 0 spiro atoms. The van der Waals surface area contributed by atoms with Crippen LogP contribution in [0.5, 0.6) is 0 Å². The maximum atomic E-state index is 8.35. The summed E-state index contributed by atoms with van der Waals surface area (Å²) in [5.74, 6) is 0. The van der Waals surface area contributed by atoms with Crippen LogP contribution in [0.4, 0.5) is 0 Å². The predicted molar refractivity (Wildman–Crippen MR) is 59.2 cm³/mol. The van der Waals surface area contributed by atoms with Gasteiger partial charge in [-0.1, -0.05) is 30.2 Å². The fourth-order valence-electron chi connectivity index (χ4n) is 1.36. The summed E-state index contributed by atoms with van der Waals surface area (Å²) in [5.41, 5.74) is 1.33. The largest absolute Gasteiger partial charge is 0.198 e. The Morgan fingerprint density at radius 1 is 1.07 bits per heavy atom. The van der Waals surface area contributed by atoms with Crippen molar-refractivity contribution in [3.8, 4) is 6.07 Å². The fraction of sp³-hybridized carbons (Fsp3) is 0.417. The van der Waals surface area contributed by atoms with Crippen molar-refractivity contribution in [2.75, 3.05) is 0 Å². The Morgan fingerprint density at radius 3 is 2.43 bits per heavy atom. The van der Waals surface area contributed by atoms with Crippen molar-refractivity contribution < 1.29 is 0 Å². The van der Waals surface area contributed by atoms with Crippen LogP contribution in [0.1, 0.15) is 31.2 Å². The molecule has 1 rings (SSSR count). The van der Waals surface area contributed by atoms with Crippen molar-refractivity contribution in [3.05, 3.63) is 34.9 Å². The molecule has 1 aromatic rings. The van der Waals surface area contributed by atoms with Gasteiger partial charge in [-0.25, -0.2) is 0 Å². The zero-order valence-corrected chi connectivity index (χ0v) is 8.93. The van der Waals surface area contributed by atoms with Crippen LogP contribution in [0.25, 0.3) is 0 Å². The number of aryl methyl sites for hydroxylation is 1. The highest BCUT2D eigenvalue weighted by molar-refractivity contribution is 6.30. The molecule has 0 radical (unpaired) electrons. The van der Waals surface area contributed by atoms with E-state index < -0.39 is 0 Å². The molecule has 0 unspecified atom stereocenters. The minimum atomic E-state index is 0.681. The minimum absolute atomic E-state index is 0.681. The summed E-state index contributed by atoms with van der Waals surface area (Å²) >= 11 is 5.78.